The molecule has 0 aromatic heterocycles. The highest BCUT2D eigenvalue weighted by molar-refractivity contribution is 6.38. The second-order valence-electron chi connectivity index (χ2n) is 4.02. The fourth-order valence-corrected chi connectivity index (χ4v) is 1.54. The Kier molecular flexibility index (Phi) is 5.02. The molecule has 1 aromatic rings. The zero-order chi connectivity index (χ0) is 16.2. The van der Waals surface area contributed by atoms with Gasteiger partial charge in [-0.25, -0.2) is 5.84 Å². The molecule has 10 nitrogen and oxygen atoms in total. The summed E-state index contributed by atoms with van der Waals surface area (Å²) < 4.78 is 0. The molecule has 0 aliphatic rings. The Bertz CT molecular complexity index is 615. The molecule has 21 heavy (non-hydrogen) atoms. The van der Waals surface area contributed by atoms with Crippen molar-refractivity contribution in [3.8, 4) is 0 Å². The summed E-state index contributed by atoms with van der Waals surface area (Å²) in [5.74, 6) is 4.08. The van der Waals surface area contributed by atoms with Gasteiger partial charge in [0.1, 0.15) is 12.2 Å². The Morgan fingerprint density at radius 2 is 1.81 bits per heavy atom. The zero-order valence-corrected chi connectivity index (χ0v) is 11.0. The lowest BCUT2D eigenvalue weighted by molar-refractivity contribution is -0.393. The maximum atomic E-state index is 11.5. The fraction of sp³-hybridized carbons (Fsp3) is 0.273. The van der Waals surface area contributed by atoms with Crippen LogP contribution in [-0.2, 0) is 9.59 Å². The third-order valence-corrected chi connectivity index (χ3v) is 2.62. The smallest absolute Gasteiger partial charge is 0.297 e. The van der Waals surface area contributed by atoms with Crippen LogP contribution in [0.1, 0.15) is 13.3 Å². The van der Waals surface area contributed by atoms with Gasteiger partial charge in [-0.15, -0.1) is 0 Å². The number of Topliss-reactive ketones (excluding diaryl/α,β-unsaturated/α-hetero) is 2. The predicted molar refractivity (Wildman–Crippen MR) is 71.6 cm³/mol. The number of ketones is 2. The number of hydrogen-bond acceptors (Lipinski definition) is 8. The summed E-state index contributed by atoms with van der Waals surface area (Å²) in [5, 5.41) is 22.2. The number of carbonyl (C=O) groups is 2. The van der Waals surface area contributed by atoms with Gasteiger partial charge < -0.3 is 0 Å². The van der Waals surface area contributed by atoms with E-state index in [0.29, 0.717) is 0 Å². The summed E-state index contributed by atoms with van der Waals surface area (Å²) in [6.07, 6.45) is -0.00493. The molecule has 10 heteroatoms. The minimum absolute atomic E-state index is 0.00493. The van der Waals surface area contributed by atoms with Crippen LogP contribution in [0.5, 0.6) is 0 Å². The van der Waals surface area contributed by atoms with Gasteiger partial charge in [0.05, 0.1) is 15.9 Å². The highest BCUT2D eigenvalue weighted by atomic mass is 16.6. The van der Waals surface area contributed by atoms with Crippen molar-refractivity contribution >= 4 is 28.6 Å². The Hall–Kier alpha value is -2.88. The molecular formula is C11H12N4O6. The molecule has 0 aliphatic carbocycles. The van der Waals surface area contributed by atoms with Crippen molar-refractivity contribution in [3.63, 3.8) is 0 Å². The van der Waals surface area contributed by atoms with E-state index >= 15 is 0 Å². The van der Waals surface area contributed by atoms with Gasteiger partial charge in [0.25, 0.3) is 5.69 Å². The Morgan fingerprint density at radius 1 is 1.19 bits per heavy atom. The molecule has 0 aliphatic heterocycles. The van der Waals surface area contributed by atoms with Crippen LogP contribution in [0.25, 0.3) is 0 Å². The summed E-state index contributed by atoms with van der Waals surface area (Å²) in [6.45, 7) is 0.945. The van der Waals surface area contributed by atoms with Crippen molar-refractivity contribution in [1.29, 1.82) is 0 Å². The second-order valence-corrected chi connectivity index (χ2v) is 4.02. The first-order valence-corrected chi connectivity index (χ1v) is 5.79. The van der Waals surface area contributed by atoms with Gasteiger partial charge in [0, 0.05) is 12.5 Å². The van der Waals surface area contributed by atoms with Crippen LogP contribution >= 0.6 is 0 Å². The first-order chi connectivity index (χ1) is 9.77. The van der Waals surface area contributed by atoms with Crippen molar-refractivity contribution in [1.82, 2.24) is 0 Å². The molecule has 0 atom stereocenters. The lowest BCUT2D eigenvalue weighted by Crippen LogP contribution is -2.39. The minimum atomic E-state index is -0.853. The molecule has 0 spiro atoms. The molecule has 0 fully saturated rings. The van der Waals surface area contributed by atoms with Crippen molar-refractivity contribution < 1.29 is 19.4 Å². The summed E-state index contributed by atoms with van der Waals surface area (Å²) >= 11 is 0. The van der Waals surface area contributed by atoms with Gasteiger partial charge in [0.15, 0.2) is 5.78 Å². The Balaban J connectivity index is 3.11. The molecular weight excluding hydrogens is 284 g/mol. The number of rotatable bonds is 7. The lowest BCUT2D eigenvalue weighted by atomic mass is 10.2. The molecule has 0 bridgehead atoms. The summed E-state index contributed by atoms with van der Waals surface area (Å²) in [5.41, 5.74) is -1.29. The maximum Gasteiger partial charge on any atom is 0.300 e. The largest absolute Gasteiger partial charge is 0.300 e. The first-order valence-electron chi connectivity index (χ1n) is 5.79. The van der Waals surface area contributed by atoms with Crippen LogP contribution in [-0.4, -0.2) is 28.0 Å². The number of anilines is 1. The molecule has 0 saturated heterocycles. The average molecular weight is 296 g/mol. The molecule has 0 amide bonds. The van der Waals surface area contributed by atoms with E-state index in [9.17, 15) is 29.8 Å². The van der Waals surface area contributed by atoms with Crippen LogP contribution in [0, 0.1) is 20.2 Å². The van der Waals surface area contributed by atoms with E-state index in [1.807, 2.05) is 0 Å². The topological polar surface area (TPSA) is 150 Å². The molecule has 1 aromatic carbocycles. The predicted octanol–water partition coefficient (Wildman–Crippen LogP) is 0.731. The van der Waals surface area contributed by atoms with Crippen molar-refractivity contribution in [3.05, 3.63) is 38.4 Å². The summed E-state index contributed by atoms with van der Waals surface area (Å²) in [4.78, 5) is 42.5. The summed E-state index contributed by atoms with van der Waals surface area (Å²) in [6, 6.07) is 2.82. The molecule has 0 unspecified atom stereocenters. The van der Waals surface area contributed by atoms with Gasteiger partial charge in [-0.3, -0.25) is 34.8 Å². The molecule has 2 N–H and O–H groups in total. The Labute approximate surface area is 118 Å². The molecule has 0 saturated carbocycles. The summed E-state index contributed by atoms with van der Waals surface area (Å²) in [7, 11) is 0. The van der Waals surface area contributed by atoms with Crippen LogP contribution in [0.2, 0.25) is 0 Å². The Morgan fingerprint density at radius 3 is 2.29 bits per heavy atom. The maximum absolute atomic E-state index is 11.5. The number of carbonyl (C=O) groups excluding carboxylic acids is 2. The van der Waals surface area contributed by atoms with Crippen LogP contribution in [0.4, 0.5) is 17.1 Å². The third-order valence-electron chi connectivity index (χ3n) is 2.62. The third kappa shape index (κ3) is 3.79. The van der Waals surface area contributed by atoms with Gasteiger partial charge in [-0.05, 0) is 6.07 Å². The quantitative estimate of drug-likeness (QED) is 0.335. The molecule has 1 rings (SSSR count). The number of benzene rings is 1. The van der Waals surface area contributed by atoms with E-state index in [0.717, 1.165) is 23.2 Å². The number of nitrogens with two attached hydrogens (primary N) is 1. The van der Waals surface area contributed by atoms with Crippen LogP contribution in [0.3, 0.4) is 0 Å². The van der Waals surface area contributed by atoms with Gasteiger partial charge >= 0.3 is 5.69 Å². The average Bonchev–Trinajstić information content (AvgIpc) is 2.45. The minimum Gasteiger partial charge on any atom is -0.297 e. The van der Waals surface area contributed by atoms with Crippen LogP contribution < -0.4 is 10.9 Å². The fourth-order valence-electron chi connectivity index (χ4n) is 1.54. The van der Waals surface area contributed by atoms with Crippen molar-refractivity contribution in [2.24, 2.45) is 5.84 Å². The molecule has 0 radical (unpaired) electrons. The van der Waals surface area contributed by atoms with E-state index in [4.69, 9.17) is 5.84 Å². The van der Waals surface area contributed by atoms with Gasteiger partial charge in [-0.2, -0.15) is 0 Å². The number of nitro benzene ring substituents is 2. The highest BCUT2D eigenvalue weighted by Gasteiger charge is 2.24. The zero-order valence-electron chi connectivity index (χ0n) is 11.0. The second kappa shape index (κ2) is 6.52. The highest BCUT2D eigenvalue weighted by Crippen LogP contribution is 2.30. The molecule has 112 valence electrons. The van der Waals surface area contributed by atoms with E-state index < -0.39 is 39.3 Å². The standard InChI is InChI=1S/C11H12N4O6/c1-2-10(16)11(17)6-13(12)8-4-3-7(14(18)19)5-9(8)15(20)21/h3-5H,2,6,12H2,1H3. The molecule has 0 heterocycles. The SMILES string of the molecule is CCC(=O)C(=O)CN(N)c1ccc([N+](=O)[O-])cc1[N+](=O)[O-]. The van der Waals surface area contributed by atoms with E-state index in [1.165, 1.54) is 6.92 Å². The van der Waals surface area contributed by atoms with E-state index in [2.05, 4.69) is 0 Å². The first kappa shape index (κ1) is 16.2. The number of hydrazine groups is 1. The van der Waals surface area contributed by atoms with Crippen molar-refractivity contribution in [2.75, 3.05) is 11.6 Å². The van der Waals surface area contributed by atoms with E-state index in [1.54, 1.807) is 0 Å². The number of nitrogens with zero attached hydrogens (tertiary/aromatic N) is 3. The van der Waals surface area contributed by atoms with Gasteiger partial charge in [0.2, 0.25) is 5.78 Å². The lowest BCUT2D eigenvalue weighted by Gasteiger charge is -2.16. The van der Waals surface area contributed by atoms with Crippen molar-refractivity contribution in [2.45, 2.75) is 13.3 Å². The number of non-ortho nitro benzene ring substituents is 1. The normalized spacial score (nSPS) is 10.0. The van der Waals surface area contributed by atoms with E-state index in [-0.39, 0.29) is 12.1 Å². The monoisotopic (exact) mass is 296 g/mol. The number of hydrogen-bond donors (Lipinski definition) is 1. The van der Waals surface area contributed by atoms with Gasteiger partial charge in [-0.1, -0.05) is 6.92 Å². The number of nitro groups is 2. The van der Waals surface area contributed by atoms with Crippen LogP contribution in [0.15, 0.2) is 18.2 Å².